The van der Waals surface area contributed by atoms with Gasteiger partial charge in [-0.1, -0.05) is 13.8 Å². The first-order valence-corrected chi connectivity index (χ1v) is 5.86. The van der Waals surface area contributed by atoms with Crippen LogP contribution >= 0.6 is 0 Å². The molecule has 5 nitrogen and oxygen atoms in total. The second kappa shape index (κ2) is 10.4. The van der Waals surface area contributed by atoms with Crippen LogP contribution in [0.5, 0.6) is 0 Å². The fraction of sp³-hybridized carbons (Fsp3) is 0.909. The first kappa shape index (κ1) is 18.6. The summed E-state index contributed by atoms with van der Waals surface area (Å²) in [6.07, 6.45) is -1.25. The minimum Gasteiger partial charge on any atom is -0.371 e. The minimum atomic E-state index is -1.25. The van der Waals surface area contributed by atoms with E-state index in [-0.39, 0.29) is 12.5 Å². The first-order valence-electron chi connectivity index (χ1n) is 5.86. The molecule has 1 unspecified atom stereocenters. The second-order valence-corrected chi connectivity index (χ2v) is 3.81. The molecule has 0 aromatic heterocycles. The van der Waals surface area contributed by atoms with Crippen molar-refractivity contribution in [2.45, 2.75) is 46.4 Å². The zero-order chi connectivity index (χ0) is 13.9. The lowest BCUT2D eigenvalue weighted by molar-refractivity contribution is -0.120. The van der Waals surface area contributed by atoms with Gasteiger partial charge in [-0.2, -0.15) is 0 Å². The number of hydrogen-bond acceptors (Lipinski definition) is 4. The van der Waals surface area contributed by atoms with Crippen LogP contribution in [0.1, 0.15) is 34.6 Å². The van der Waals surface area contributed by atoms with Crippen LogP contribution in [0.15, 0.2) is 0 Å². The van der Waals surface area contributed by atoms with Crippen molar-refractivity contribution in [1.29, 1.82) is 0 Å². The normalized spacial score (nSPS) is 12.4. The summed E-state index contributed by atoms with van der Waals surface area (Å²) in [6.45, 7) is 9.35. The molecule has 0 saturated heterocycles. The number of halogens is 1. The fourth-order valence-electron chi connectivity index (χ4n) is 0.943. The van der Waals surface area contributed by atoms with Gasteiger partial charge in [-0.15, -0.1) is 0 Å². The van der Waals surface area contributed by atoms with E-state index in [1.807, 2.05) is 13.8 Å². The lowest BCUT2D eigenvalue weighted by atomic mass is 10.0. The number of carbonyl (C=O) groups is 1. The van der Waals surface area contributed by atoms with Crippen molar-refractivity contribution < 1.29 is 13.9 Å². The summed E-state index contributed by atoms with van der Waals surface area (Å²) in [6, 6.07) is 0. The van der Waals surface area contributed by atoms with Gasteiger partial charge < -0.3 is 10.1 Å². The highest BCUT2D eigenvalue weighted by Gasteiger charge is 2.30. The Kier molecular flexibility index (Phi) is 11.4. The van der Waals surface area contributed by atoms with Crippen LogP contribution in [0.25, 0.3) is 0 Å². The smallest absolute Gasteiger partial charge is 0.216 e. The summed E-state index contributed by atoms with van der Waals surface area (Å²) >= 11 is 0. The molecule has 0 radical (unpaired) electrons. The Balaban J connectivity index is 0. The molecule has 1 atom stereocenters. The van der Waals surface area contributed by atoms with E-state index in [1.165, 1.54) is 6.92 Å². The first-order chi connectivity index (χ1) is 7.90. The maximum Gasteiger partial charge on any atom is 0.216 e. The maximum atomic E-state index is 13.6. The Morgan fingerprint density at radius 3 is 2.41 bits per heavy atom. The molecule has 4 N–H and O–H groups in total. The number of ether oxygens (including phenoxy) is 1. The van der Waals surface area contributed by atoms with Gasteiger partial charge in [0.2, 0.25) is 5.91 Å². The third-order valence-electron chi connectivity index (χ3n) is 2.01. The standard InChI is InChI=1S/C9H20FN3O2.C2H6/c1-7(14)12-6-8(10)9(2,3)15-5-4-13-11;1-2/h8,13H,4-6,11H2,1-3H3,(H,12,14);1-2H3. The number of amides is 1. The predicted molar refractivity (Wildman–Crippen MR) is 67.1 cm³/mol. The van der Waals surface area contributed by atoms with Gasteiger partial charge in [0.1, 0.15) is 6.17 Å². The molecular weight excluding hydrogens is 225 g/mol. The Labute approximate surface area is 103 Å². The molecule has 0 spiro atoms. The number of nitrogens with two attached hydrogens (primary N) is 1. The van der Waals surface area contributed by atoms with E-state index in [4.69, 9.17) is 10.6 Å². The predicted octanol–water partition coefficient (Wildman–Crippen LogP) is 0.745. The highest BCUT2D eigenvalue weighted by Crippen LogP contribution is 2.17. The van der Waals surface area contributed by atoms with Gasteiger partial charge in [0.15, 0.2) is 0 Å². The Morgan fingerprint density at radius 1 is 1.47 bits per heavy atom. The van der Waals surface area contributed by atoms with Crippen LogP contribution in [0.4, 0.5) is 4.39 Å². The zero-order valence-electron chi connectivity index (χ0n) is 11.5. The van der Waals surface area contributed by atoms with Gasteiger partial charge in [-0.05, 0) is 13.8 Å². The lowest BCUT2D eigenvalue weighted by Gasteiger charge is -2.29. The topological polar surface area (TPSA) is 76.4 Å². The molecular formula is C11H26FN3O2. The molecule has 0 rings (SSSR count). The minimum absolute atomic E-state index is 0.0433. The van der Waals surface area contributed by atoms with Crippen LogP contribution in [0, 0.1) is 0 Å². The maximum absolute atomic E-state index is 13.6. The molecule has 6 heteroatoms. The summed E-state index contributed by atoms with van der Waals surface area (Å²) in [5, 5.41) is 2.41. The van der Waals surface area contributed by atoms with Crippen molar-refractivity contribution >= 4 is 5.91 Å². The van der Waals surface area contributed by atoms with E-state index in [0.29, 0.717) is 13.2 Å². The van der Waals surface area contributed by atoms with Crippen LogP contribution in [-0.2, 0) is 9.53 Å². The van der Waals surface area contributed by atoms with Gasteiger partial charge in [-0.3, -0.25) is 16.1 Å². The second-order valence-electron chi connectivity index (χ2n) is 3.81. The zero-order valence-corrected chi connectivity index (χ0v) is 11.5. The quantitative estimate of drug-likeness (QED) is 0.354. The van der Waals surface area contributed by atoms with Crippen LogP contribution in [0.2, 0.25) is 0 Å². The number of rotatable bonds is 7. The molecule has 0 aliphatic rings. The van der Waals surface area contributed by atoms with Crippen molar-refractivity contribution in [3.8, 4) is 0 Å². The molecule has 0 fully saturated rings. The summed E-state index contributed by atoms with van der Waals surface area (Å²) in [5.74, 6) is 4.80. The Bertz CT molecular complexity index is 201. The van der Waals surface area contributed by atoms with Crippen LogP contribution in [-0.4, -0.2) is 37.4 Å². The number of hydrazine groups is 1. The third-order valence-corrected chi connectivity index (χ3v) is 2.01. The number of hydrogen-bond donors (Lipinski definition) is 3. The van der Waals surface area contributed by atoms with Gasteiger partial charge in [0, 0.05) is 13.5 Å². The van der Waals surface area contributed by atoms with E-state index in [1.54, 1.807) is 13.8 Å². The summed E-state index contributed by atoms with van der Waals surface area (Å²) in [5.41, 5.74) is 1.48. The third kappa shape index (κ3) is 10.2. The summed E-state index contributed by atoms with van der Waals surface area (Å²) in [4.78, 5) is 10.6. The van der Waals surface area contributed by atoms with Crippen molar-refractivity contribution in [2.75, 3.05) is 19.7 Å². The van der Waals surface area contributed by atoms with Gasteiger partial charge in [0.25, 0.3) is 0 Å². The lowest BCUT2D eigenvalue weighted by Crippen LogP contribution is -2.44. The van der Waals surface area contributed by atoms with Crippen LogP contribution < -0.4 is 16.6 Å². The molecule has 0 heterocycles. The SMILES string of the molecule is CC.CC(=O)NCC(F)C(C)(C)OCCNN. The molecule has 0 aromatic rings. The summed E-state index contributed by atoms with van der Waals surface area (Å²) in [7, 11) is 0. The molecule has 0 aliphatic heterocycles. The average Bonchev–Trinajstić information content (AvgIpc) is 2.28. The monoisotopic (exact) mass is 251 g/mol. The van der Waals surface area contributed by atoms with Gasteiger partial charge >= 0.3 is 0 Å². The van der Waals surface area contributed by atoms with Crippen molar-refractivity contribution in [2.24, 2.45) is 5.84 Å². The van der Waals surface area contributed by atoms with Crippen molar-refractivity contribution in [1.82, 2.24) is 10.7 Å². The Morgan fingerprint density at radius 2 is 2.00 bits per heavy atom. The molecule has 0 saturated carbocycles. The van der Waals surface area contributed by atoms with Gasteiger partial charge in [0.05, 0.1) is 18.8 Å². The van der Waals surface area contributed by atoms with Gasteiger partial charge in [-0.25, -0.2) is 4.39 Å². The highest BCUT2D eigenvalue weighted by molar-refractivity contribution is 5.72. The van der Waals surface area contributed by atoms with E-state index in [9.17, 15) is 9.18 Å². The highest BCUT2D eigenvalue weighted by atomic mass is 19.1. The fourth-order valence-corrected chi connectivity index (χ4v) is 0.943. The number of alkyl halides is 1. The van der Waals surface area contributed by atoms with Crippen LogP contribution in [0.3, 0.4) is 0 Å². The van der Waals surface area contributed by atoms with Crippen molar-refractivity contribution in [3.05, 3.63) is 0 Å². The molecule has 0 aliphatic carbocycles. The van der Waals surface area contributed by atoms with Crippen molar-refractivity contribution in [3.63, 3.8) is 0 Å². The molecule has 0 aromatic carbocycles. The number of nitrogens with one attached hydrogen (secondary N) is 2. The summed E-state index contributed by atoms with van der Waals surface area (Å²) < 4.78 is 18.9. The van der Waals surface area contributed by atoms with E-state index >= 15 is 0 Å². The van der Waals surface area contributed by atoms with E-state index < -0.39 is 11.8 Å². The molecule has 1 amide bonds. The Hall–Kier alpha value is -0.720. The number of carbonyl (C=O) groups excluding carboxylic acids is 1. The average molecular weight is 251 g/mol. The van der Waals surface area contributed by atoms with E-state index in [2.05, 4.69) is 10.7 Å². The molecule has 104 valence electrons. The van der Waals surface area contributed by atoms with E-state index in [0.717, 1.165) is 0 Å². The molecule has 0 bridgehead atoms. The largest absolute Gasteiger partial charge is 0.371 e. The molecule has 17 heavy (non-hydrogen) atoms.